The normalized spacial score (nSPS) is 20.0. The lowest BCUT2D eigenvalue weighted by atomic mass is 10.2. The van der Waals surface area contributed by atoms with Crippen molar-refractivity contribution in [3.05, 3.63) is 17.5 Å². The van der Waals surface area contributed by atoms with Gasteiger partial charge in [-0.25, -0.2) is 0 Å². The second kappa shape index (κ2) is 9.80. The first-order valence-electron chi connectivity index (χ1n) is 9.80. The predicted octanol–water partition coefficient (Wildman–Crippen LogP) is 2.18. The molecule has 2 N–H and O–H groups in total. The van der Waals surface area contributed by atoms with Crippen molar-refractivity contribution < 1.29 is 0 Å². The molecule has 6 nitrogen and oxygen atoms in total. The van der Waals surface area contributed by atoms with E-state index in [1.807, 2.05) is 6.92 Å². The van der Waals surface area contributed by atoms with E-state index in [0.717, 1.165) is 44.4 Å². The first-order valence-corrected chi connectivity index (χ1v) is 9.80. The molecule has 1 aromatic rings. The smallest absolute Gasteiger partial charge is 0.191 e. The van der Waals surface area contributed by atoms with Gasteiger partial charge in [-0.3, -0.25) is 14.6 Å². The molecular weight excluding hydrogens is 312 g/mol. The third-order valence-corrected chi connectivity index (χ3v) is 4.90. The summed E-state index contributed by atoms with van der Waals surface area (Å²) in [5.41, 5.74) is 2.31. The molecule has 2 unspecified atom stereocenters. The number of hydrogen-bond acceptors (Lipinski definition) is 3. The van der Waals surface area contributed by atoms with Crippen molar-refractivity contribution in [2.45, 2.75) is 60.0 Å². The van der Waals surface area contributed by atoms with Crippen LogP contribution in [0.4, 0.5) is 0 Å². The van der Waals surface area contributed by atoms with Gasteiger partial charge in [-0.05, 0) is 58.7 Å². The van der Waals surface area contributed by atoms with Crippen LogP contribution in [0.1, 0.15) is 45.0 Å². The molecular formula is C19H36N6. The molecule has 0 spiro atoms. The highest BCUT2D eigenvalue weighted by atomic mass is 15.3. The van der Waals surface area contributed by atoms with E-state index in [2.05, 4.69) is 59.1 Å². The predicted molar refractivity (Wildman–Crippen MR) is 105 cm³/mol. The van der Waals surface area contributed by atoms with Gasteiger partial charge in [0, 0.05) is 37.9 Å². The van der Waals surface area contributed by atoms with E-state index in [9.17, 15) is 0 Å². The fraction of sp³-hybridized carbons (Fsp3) is 0.789. The van der Waals surface area contributed by atoms with E-state index < -0.39 is 0 Å². The zero-order valence-electron chi connectivity index (χ0n) is 16.7. The summed E-state index contributed by atoms with van der Waals surface area (Å²) in [6.07, 6.45) is 2.60. The quantitative estimate of drug-likeness (QED) is 0.558. The topological polar surface area (TPSA) is 57.5 Å². The van der Waals surface area contributed by atoms with E-state index in [-0.39, 0.29) is 0 Å². The van der Waals surface area contributed by atoms with Crippen molar-refractivity contribution in [1.82, 2.24) is 25.3 Å². The molecule has 0 bridgehead atoms. The van der Waals surface area contributed by atoms with Gasteiger partial charge in [0.15, 0.2) is 5.96 Å². The van der Waals surface area contributed by atoms with E-state index in [1.54, 1.807) is 0 Å². The van der Waals surface area contributed by atoms with E-state index >= 15 is 0 Å². The van der Waals surface area contributed by atoms with Crippen LogP contribution in [0.25, 0.3) is 0 Å². The maximum Gasteiger partial charge on any atom is 0.191 e. The fourth-order valence-corrected chi connectivity index (χ4v) is 3.56. The molecule has 1 aromatic heterocycles. The highest BCUT2D eigenvalue weighted by Gasteiger charge is 2.22. The molecule has 2 rings (SSSR count). The molecule has 2 heterocycles. The maximum atomic E-state index is 4.79. The lowest BCUT2D eigenvalue weighted by molar-refractivity contribution is 0.267. The molecule has 0 radical (unpaired) electrons. The number of nitrogens with zero attached hydrogens (tertiary/aromatic N) is 4. The number of likely N-dealkylation sites (tertiary alicyclic amines) is 1. The lowest BCUT2D eigenvalue weighted by Crippen LogP contribution is -2.45. The molecule has 1 saturated heterocycles. The molecule has 1 fully saturated rings. The average Bonchev–Trinajstić information content (AvgIpc) is 3.16. The first-order chi connectivity index (χ1) is 12.0. The number of aromatic nitrogens is 2. The first kappa shape index (κ1) is 19.8. The van der Waals surface area contributed by atoms with Gasteiger partial charge in [0.05, 0.1) is 5.69 Å². The minimum absolute atomic E-state index is 0.451. The molecule has 6 heteroatoms. The van der Waals surface area contributed by atoms with Gasteiger partial charge in [-0.2, -0.15) is 5.10 Å². The third-order valence-electron chi connectivity index (χ3n) is 4.90. The monoisotopic (exact) mass is 348 g/mol. The SMILES string of the molecule is CCNC(=NCC(C)Cn1nc(C)cc1C)NCC1CCCN1CC. The molecule has 1 aliphatic rings. The minimum Gasteiger partial charge on any atom is -0.357 e. The van der Waals surface area contributed by atoms with Crippen molar-refractivity contribution in [2.75, 3.05) is 32.7 Å². The Bertz CT molecular complexity index is 550. The Labute approximate surface area is 153 Å². The van der Waals surface area contributed by atoms with Crippen LogP contribution in [-0.2, 0) is 6.54 Å². The van der Waals surface area contributed by atoms with Gasteiger partial charge >= 0.3 is 0 Å². The molecule has 2 atom stereocenters. The van der Waals surface area contributed by atoms with Crippen molar-refractivity contribution in [1.29, 1.82) is 0 Å². The van der Waals surface area contributed by atoms with Crippen LogP contribution in [0.5, 0.6) is 0 Å². The lowest BCUT2D eigenvalue weighted by Gasteiger charge is -2.24. The molecule has 25 heavy (non-hydrogen) atoms. The largest absolute Gasteiger partial charge is 0.357 e. The van der Waals surface area contributed by atoms with Crippen LogP contribution < -0.4 is 10.6 Å². The summed E-state index contributed by atoms with van der Waals surface area (Å²) in [7, 11) is 0. The van der Waals surface area contributed by atoms with E-state index in [1.165, 1.54) is 25.1 Å². The third kappa shape index (κ3) is 6.03. The van der Waals surface area contributed by atoms with Crippen molar-refractivity contribution in [3.63, 3.8) is 0 Å². The summed E-state index contributed by atoms with van der Waals surface area (Å²) >= 11 is 0. The summed E-state index contributed by atoms with van der Waals surface area (Å²) in [4.78, 5) is 7.35. The van der Waals surface area contributed by atoms with Gasteiger partial charge in [0.1, 0.15) is 0 Å². The van der Waals surface area contributed by atoms with Gasteiger partial charge in [-0.1, -0.05) is 13.8 Å². The highest BCUT2D eigenvalue weighted by Crippen LogP contribution is 2.15. The number of aryl methyl sites for hydroxylation is 2. The molecule has 0 aromatic carbocycles. The Hall–Kier alpha value is -1.56. The number of likely N-dealkylation sites (N-methyl/N-ethyl adjacent to an activating group) is 1. The van der Waals surface area contributed by atoms with Gasteiger partial charge in [-0.15, -0.1) is 0 Å². The summed E-state index contributed by atoms with van der Waals surface area (Å²) in [5.74, 6) is 1.39. The van der Waals surface area contributed by atoms with Gasteiger partial charge in [0.25, 0.3) is 0 Å². The molecule has 0 saturated carbocycles. The standard InChI is InChI=1S/C19H36N6/c1-6-20-19(22-13-18-9-8-10-24(18)7-2)21-12-15(3)14-25-17(5)11-16(4)23-25/h11,15,18H,6-10,12-14H2,1-5H3,(H2,20,21,22). The average molecular weight is 349 g/mol. The number of aliphatic imine (C=N–C) groups is 1. The Morgan fingerprint density at radius 1 is 1.36 bits per heavy atom. The van der Waals surface area contributed by atoms with Crippen LogP contribution in [0.2, 0.25) is 0 Å². The molecule has 1 aliphatic heterocycles. The van der Waals surface area contributed by atoms with Gasteiger partial charge in [0.2, 0.25) is 0 Å². The number of guanidine groups is 1. The molecule has 0 aliphatic carbocycles. The number of nitrogens with one attached hydrogen (secondary N) is 2. The van der Waals surface area contributed by atoms with E-state index in [4.69, 9.17) is 4.99 Å². The zero-order valence-corrected chi connectivity index (χ0v) is 16.7. The number of rotatable bonds is 8. The van der Waals surface area contributed by atoms with Crippen molar-refractivity contribution in [2.24, 2.45) is 10.9 Å². The van der Waals surface area contributed by atoms with Crippen LogP contribution in [0.15, 0.2) is 11.1 Å². The maximum absolute atomic E-state index is 4.79. The Morgan fingerprint density at radius 2 is 2.16 bits per heavy atom. The summed E-state index contributed by atoms with van der Waals surface area (Å²) in [6, 6.07) is 2.77. The minimum atomic E-state index is 0.451. The molecule has 142 valence electrons. The molecule has 0 amide bonds. The Morgan fingerprint density at radius 3 is 2.80 bits per heavy atom. The van der Waals surface area contributed by atoms with Crippen LogP contribution in [0.3, 0.4) is 0 Å². The Kier molecular flexibility index (Phi) is 7.75. The second-order valence-electron chi connectivity index (χ2n) is 7.24. The second-order valence-corrected chi connectivity index (χ2v) is 7.24. The van der Waals surface area contributed by atoms with Crippen molar-refractivity contribution >= 4 is 5.96 Å². The summed E-state index contributed by atoms with van der Waals surface area (Å²) < 4.78 is 2.09. The zero-order chi connectivity index (χ0) is 18.2. The summed E-state index contributed by atoms with van der Waals surface area (Å²) in [6.45, 7) is 16.7. The van der Waals surface area contributed by atoms with Crippen LogP contribution in [0, 0.1) is 19.8 Å². The fourth-order valence-electron chi connectivity index (χ4n) is 3.56. The Balaban J connectivity index is 1.84. The van der Waals surface area contributed by atoms with Gasteiger partial charge < -0.3 is 10.6 Å². The summed E-state index contributed by atoms with van der Waals surface area (Å²) in [5, 5.41) is 11.5. The van der Waals surface area contributed by atoms with Crippen molar-refractivity contribution in [3.8, 4) is 0 Å². The van der Waals surface area contributed by atoms with E-state index in [0.29, 0.717) is 12.0 Å². The number of hydrogen-bond donors (Lipinski definition) is 2. The highest BCUT2D eigenvalue weighted by molar-refractivity contribution is 5.79. The van der Waals surface area contributed by atoms with Crippen LogP contribution >= 0.6 is 0 Å². The van der Waals surface area contributed by atoms with Crippen LogP contribution in [-0.4, -0.2) is 59.4 Å².